The molecule has 3 heteroatoms. The fourth-order valence-electron chi connectivity index (χ4n) is 1.45. The van der Waals surface area contributed by atoms with Crippen LogP contribution < -0.4 is 0 Å². The van der Waals surface area contributed by atoms with Gasteiger partial charge in [0.15, 0.2) is 0 Å². The summed E-state index contributed by atoms with van der Waals surface area (Å²) < 4.78 is 0. The van der Waals surface area contributed by atoms with E-state index in [1.165, 1.54) is 0 Å². The molecule has 1 rings (SSSR count). The Morgan fingerprint density at radius 3 is 2.39 bits per heavy atom. The van der Waals surface area contributed by atoms with E-state index < -0.39 is 11.6 Å². The Hall–Kier alpha value is -1.35. The van der Waals surface area contributed by atoms with Gasteiger partial charge in [-0.25, -0.2) is 4.79 Å². The molecule has 0 aliphatic rings. The smallest absolute Gasteiger partial charge is 0.292 e. The molecule has 0 amide bonds. The highest BCUT2D eigenvalue weighted by molar-refractivity contribution is 5.88. The van der Waals surface area contributed by atoms with Gasteiger partial charge in [-0.2, -0.15) is 4.89 Å². The molecule has 0 N–H and O–H groups in total. The second kappa shape index (κ2) is 6.55. The fourth-order valence-corrected chi connectivity index (χ4v) is 1.45. The van der Waals surface area contributed by atoms with Crippen molar-refractivity contribution < 1.29 is 14.6 Å². The van der Waals surface area contributed by atoms with E-state index in [1.807, 2.05) is 19.9 Å². The van der Waals surface area contributed by atoms with Gasteiger partial charge in [-0.3, -0.25) is 4.89 Å². The lowest BCUT2D eigenvalue weighted by Gasteiger charge is -2.23. The molecule has 3 nitrogen and oxygen atoms in total. The van der Waals surface area contributed by atoms with Crippen LogP contribution in [0, 0.1) is 5.92 Å². The average molecular weight is 250 g/mol. The largest absolute Gasteiger partial charge is 0.373 e. The molecular formula is C15H22O3. The van der Waals surface area contributed by atoms with Gasteiger partial charge in [0.2, 0.25) is 0 Å². The summed E-state index contributed by atoms with van der Waals surface area (Å²) in [6.07, 6.45) is 1.89. The lowest BCUT2D eigenvalue weighted by Crippen LogP contribution is -2.26. The zero-order chi connectivity index (χ0) is 13.6. The third-order valence-electron chi connectivity index (χ3n) is 2.68. The monoisotopic (exact) mass is 250 g/mol. The second-order valence-corrected chi connectivity index (χ2v) is 5.51. The van der Waals surface area contributed by atoms with Crippen molar-refractivity contribution in [2.24, 2.45) is 5.92 Å². The van der Waals surface area contributed by atoms with Crippen molar-refractivity contribution in [3.63, 3.8) is 0 Å². The quantitative estimate of drug-likeness (QED) is 0.565. The number of benzene rings is 1. The van der Waals surface area contributed by atoms with Crippen LogP contribution in [0.5, 0.6) is 0 Å². The summed E-state index contributed by atoms with van der Waals surface area (Å²) in [6.45, 7) is 8.17. The third-order valence-corrected chi connectivity index (χ3v) is 2.68. The predicted molar refractivity (Wildman–Crippen MR) is 71.1 cm³/mol. The van der Waals surface area contributed by atoms with Crippen LogP contribution in [0.2, 0.25) is 0 Å². The molecule has 1 aromatic carbocycles. The zero-order valence-corrected chi connectivity index (χ0v) is 11.6. The molecule has 0 unspecified atom stereocenters. The molecule has 0 heterocycles. The SMILES string of the molecule is CC(C)CCC(C)(C)OOC(=O)c1ccccc1. The first-order valence-electron chi connectivity index (χ1n) is 6.36. The Labute approximate surface area is 109 Å². The number of rotatable bonds is 6. The molecule has 0 saturated carbocycles. The third kappa shape index (κ3) is 5.32. The molecule has 0 radical (unpaired) electrons. The first-order chi connectivity index (χ1) is 8.41. The van der Waals surface area contributed by atoms with Gasteiger partial charge in [0.1, 0.15) is 5.60 Å². The highest BCUT2D eigenvalue weighted by Gasteiger charge is 2.22. The molecule has 100 valence electrons. The number of hydrogen-bond acceptors (Lipinski definition) is 3. The molecular weight excluding hydrogens is 228 g/mol. The summed E-state index contributed by atoms with van der Waals surface area (Å²) in [5.74, 6) is 0.158. The molecule has 1 aromatic rings. The minimum absolute atomic E-state index is 0.450. The van der Waals surface area contributed by atoms with Crippen molar-refractivity contribution in [1.29, 1.82) is 0 Å². The van der Waals surface area contributed by atoms with E-state index in [-0.39, 0.29) is 0 Å². The Balaban J connectivity index is 2.42. The Kier molecular flexibility index (Phi) is 5.35. The topological polar surface area (TPSA) is 35.5 Å². The van der Waals surface area contributed by atoms with Crippen LogP contribution in [-0.2, 0) is 9.78 Å². The minimum Gasteiger partial charge on any atom is -0.292 e. The van der Waals surface area contributed by atoms with Crippen LogP contribution in [-0.4, -0.2) is 11.6 Å². The summed E-state index contributed by atoms with van der Waals surface area (Å²) >= 11 is 0. The maximum absolute atomic E-state index is 11.7. The molecule has 0 spiro atoms. The van der Waals surface area contributed by atoms with Gasteiger partial charge in [0, 0.05) is 0 Å². The molecule has 0 atom stereocenters. The van der Waals surface area contributed by atoms with Crippen molar-refractivity contribution in [2.45, 2.75) is 46.1 Å². The van der Waals surface area contributed by atoms with Crippen molar-refractivity contribution >= 4 is 5.97 Å². The number of hydrogen-bond donors (Lipinski definition) is 0. The van der Waals surface area contributed by atoms with E-state index in [2.05, 4.69) is 13.8 Å². The minimum atomic E-state index is -0.451. The van der Waals surface area contributed by atoms with Crippen molar-refractivity contribution in [3.05, 3.63) is 35.9 Å². The maximum atomic E-state index is 11.7. The first-order valence-corrected chi connectivity index (χ1v) is 6.36. The summed E-state index contributed by atoms with van der Waals surface area (Å²) in [4.78, 5) is 21.8. The van der Waals surface area contributed by atoms with Gasteiger partial charge >= 0.3 is 5.97 Å². The summed E-state index contributed by atoms with van der Waals surface area (Å²) in [7, 11) is 0. The summed E-state index contributed by atoms with van der Waals surface area (Å²) in [5, 5.41) is 0. The highest BCUT2D eigenvalue weighted by Crippen LogP contribution is 2.20. The normalized spacial score (nSPS) is 11.6. The fraction of sp³-hybridized carbons (Fsp3) is 0.533. The molecule has 0 fully saturated rings. The summed E-state index contributed by atoms with van der Waals surface area (Å²) in [6, 6.07) is 8.84. The van der Waals surface area contributed by atoms with Crippen LogP contribution >= 0.6 is 0 Å². The van der Waals surface area contributed by atoms with Crippen LogP contribution in [0.4, 0.5) is 0 Å². The molecule has 0 aromatic heterocycles. The summed E-state index contributed by atoms with van der Waals surface area (Å²) in [5.41, 5.74) is 0.0477. The van der Waals surface area contributed by atoms with E-state index in [0.29, 0.717) is 11.5 Å². The van der Waals surface area contributed by atoms with Gasteiger partial charge in [0.05, 0.1) is 5.56 Å². The predicted octanol–water partition coefficient (Wildman–Crippen LogP) is 3.99. The van der Waals surface area contributed by atoms with E-state index in [1.54, 1.807) is 24.3 Å². The lowest BCUT2D eigenvalue weighted by molar-refractivity contribution is -0.308. The zero-order valence-electron chi connectivity index (χ0n) is 11.6. The Bertz CT molecular complexity index is 369. The van der Waals surface area contributed by atoms with E-state index in [4.69, 9.17) is 9.78 Å². The van der Waals surface area contributed by atoms with E-state index in [9.17, 15) is 4.79 Å². The van der Waals surface area contributed by atoms with Gasteiger partial charge in [0.25, 0.3) is 0 Å². The van der Waals surface area contributed by atoms with Gasteiger partial charge in [-0.15, -0.1) is 0 Å². The first kappa shape index (κ1) is 14.7. The standard InChI is InChI=1S/C15H22O3/c1-12(2)10-11-15(3,4)18-17-14(16)13-8-6-5-7-9-13/h5-9,12H,10-11H2,1-4H3. The number of carbonyl (C=O) groups is 1. The Morgan fingerprint density at radius 2 is 1.83 bits per heavy atom. The lowest BCUT2D eigenvalue weighted by atomic mass is 9.97. The maximum Gasteiger partial charge on any atom is 0.373 e. The van der Waals surface area contributed by atoms with Crippen LogP contribution in [0.3, 0.4) is 0 Å². The number of carbonyl (C=O) groups excluding carboxylic acids is 1. The molecule has 0 bridgehead atoms. The van der Waals surface area contributed by atoms with Gasteiger partial charge in [-0.1, -0.05) is 32.0 Å². The molecule has 0 saturated heterocycles. The Morgan fingerprint density at radius 1 is 1.22 bits per heavy atom. The molecule has 0 aliphatic carbocycles. The van der Waals surface area contributed by atoms with Crippen molar-refractivity contribution in [1.82, 2.24) is 0 Å². The van der Waals surface area contributed by atoms with Crippen LogP contribution in [0.15, 0.2) is 30.3 Å². The molecule has 18 heavy (non-hydrogen) atoms. The molecule has 0 aliphatic heterocycles. The van der Waals surface area contributed by atoms with Gasteiger partial charge in [-0.05, 0) is 44.7 Å². The van der Waals surface area contributed by atoms with E-state index in [0.717, 1.165) is 12.8 Å². The van der Waals surface area contributed by atoms with Crippen molar-refractivity contribution in [3.8, 4) is 0 Å². The van der Waals surface area contributed by atoms with E-state index >= 15 is 0 Å². The average Bonchev–Trinajstić information content (AvgIpc) is 2.35. The van der Waals surface area contributed by atoms with Crippen LogP contribution in [0.1, 0.15) is 50.9 Å². The van der Waals surface area contributed by atoms with Gasteiger partial charge < -0.3 is 0 Å². The highest BCUT2D eigenvalue weighted by atomic mass is 17.2. The van der Waals surface area contributed by atoms with Crippen LogP contribution in [0.25, 0.3) is 0 Å². The van der Waals surface area contributed by atoms with Crippen molar-refractivity contribution in [2.75, 3.05) is 0 Å². The second-order valence-electron chi connectivity index (χ2n) is 5.51.